The van der Waals surface area contributed by atoms with Crippen LogP contribution < -0.4 is 14.3 Å². The van der Waals surface area contributed by atoms with Crippen molar-refractivity contribution in [3.05, 3.63) is 23.8 Å². The molecule has 1 aliphatic carbocycles. The summed E-state index contributed by atoms with van der Waals surface area (Å²) in [5.41, 5.74) is 2.43. The number of carbonyl (C=O) groups is 1. The summed E-state index contributed by atoms with van der Waals surface area (Å²) >= 11 is 0. The zero-order chi connectivity index (χ0) is 15.7. The summed E-state index contributed by atoms with van der Waals surface area (Å²) in [7, 11) is -3.56. The lowest BCUT2D eigenvalue weighted by atomic mass is 10.0. The highest BCUT2D eigenvalue weighted by atomic mass is 32.2. The van der Waals surface area contributed by atoms with Gasteiger partial charge >= 0.3 is 0 Å². The maximum absolute atomic E-state index is 12.4. The Kier molecular flexibility index (Phi) is 4.10. The van der Waals surface area contributed by atoms with Crippen molar-refractivity contribution in [2.24, 2.45) is 5.92 Å². The summed E-state index contributed by atoms with van der Waals surface area (Å²) in [5.74, 6) is 0.334. The molecule has 1 aliphatic heterocycles. The number of hydrogen-bond acceptors (Lipinski definition) is 3. The fourth-order valence-corrected chi connectivity index (χ4v) is 3.69. The molecule has 0 radical (unpaired) electrons. The molecule has 0 saturated heterocycles. The van der Waals surface area contributed by atoms with Crippen LogP contribution in [0.25, 0.3) is 0 Å². The molecule has 1 amide bonds. The molecule has 1 fully saturated rings. The fraction of sp³-hybridized carbons (Fsp3) is 0.533. The molecule has 2 aliphatic rings. The lowest BCUT2D eigenvalue weighted by molar-refractivity contribution is -0.119. The minimum absolute atomic E-state index is 0.160. The molecule has 1 heterocycles. The third-order valence-corrected chi connectivity index (χ3v) is 5.16. The van der Waals surface area contributed by atoms with Crippen molar-refractivity contribution < 1.29 is 13.2 Å². The zero-order valence-corrected chi connectivity index (χ0v) is 13.4. The zero-order valence-electron chi connectivity index (χ0n) is 12.6. The first-order valence-corrected chi connectivity index (χ1v) is 9.20. The fourth-order valence-electron chi connectivity index (χ4n) is 2.80. The van der Waals surface area contributed by atoms with E-state index in [0.717, 1.165) is 36.9 Å². The third kappa shape index (κ3) is 3.25. The van der Waals surface area contributed by atoms with Crippen LogP contribution in [0.3, 0.4) is 0 Å². The van der Waals surface area contributed by atoms with Gasteiger partial charge in [0.15, 0.2) is 0 Å². The highest BCUT2D eigenvalue weighted by Gasteiger charge is 2.35. The molecular formula is C15H21N3O3S. The van der Waals surface area contributed by atoms with E-state index in [0.29, 0.717) is 18.8 Å². The van der Waals surface area contributed by atoms with Gasteiger partial charge in [0, 0.05) is 24.7 Å². The van der Waals surface area contributed by atoms with Crippen molar-refractivity contribution in [1.29, 1.82) is 0 Å². The lowest BCUT2D eigenvalue weighted by Gasteiger charge is -2.30. The highest BCUT2D eigenvalue weighted by molar-refractivity contribution is 7.90. The summed E-state index contributed by atoms with van der Waals surface area (Å²) in [6.07, 6.45) is 3.81. The van der Waals surface area contributed by atoms with Gasteiger partial charge in [-0.15, -0.1) is 0 Å². The summed E-state index contributed by atoms with van der Waals surface area (Å²) in [6.45, 7) is 2.76. The Hall–Kier alpha value is -1.60. The Bertz CT molecular complexity index is 683. The molecule has 2 N–H and O–H groups in total. The number of nitrogens with one attached hydrogen (secondary N) is 2. The van der Waals surface area contributed by atoms with E-state index < -0.39 is 10.2 Å². The molecule has 0 bridgehead atoms. The van der Waals surface area contributed by atoms with Crippen LogP contribution in [0.4, 0.5) is 11.4 Å². The maximum Gasteiger partial charge on any atom is 0.299 e. The number of anilines is 2. The van der Waals surface area contributed by atoms with Crippen LogP contribution >= 0.6 is 0 Å². The normalized spacial score (nSPS) is 18.0. The number of hydrogen-bond donors (Lipinski definition) is 2. The van der Waals surface area contributed by atoms with Gasteiger partial charge < -0.3 is 4.90 Å². The van der Waals surface area contributed by atoms with Crippen LogP contribution in [-0.4, -0.2) is 27.4 Å². The molecule has 1 aromatic carbocycles. The second-order valence-electron chi connectivity index (χ2n) is 5.81. The van der Waals surface area contributed by atoms with E-state index in [1.807, 2.05) is 11.0 Å². The number of fused-ring (bicyclic) bond motifs is 1. The van der Waals surface area contributed by atoms with Crippen LogP contribution in [0.1, 0.15) is 31.7 Å². The van der Waals surface area contributed by atoms with E-state index >= 15 is 0 Å². The van der Waals surface area contributed by atoms with Crippen molar-refractivity contribution in [3.8, 4) is 0 Å². The van der Waals surface area contributed by atoms with E-state index in [1.165, 1.54) is 0 Å². The monoisotopic (exact) mass is 323 g/mol. The highest BCUT2D eigenvalue weighted by Crippen LogP contribution is 2.36. The molecule has 1 saturated carbocycles. The summed E-state index contributed by atoms with van der Waals surface area (Å²) < 4.78 is 28.5. The van der Waals surface area contributed by atoms with Crippen molar-refractivity contribution in [3.63, 3.8) is 0 Å². The molecule has 22 heavy (non-hydrogen) atoms. The maximum atomic E-state index is 12.4. The van der Waals surface area contributed by atoms with Crippen molar-refractivity contribution in [1.82, 2.24) is 4.72 Å². The molecule has 0 aromatic heterocycles. The Labute approximate surface area is 131 Å². The Morgan fingerprint density at radius 2 is 2.14 bits per heavy atom. The quantitative estimate of drug-likeness (QED) is 0.864. The standard InChI is InChI=1S/C15H21N3O3S/c1-2-16-22(20,21)17-13-8-7-11-4-3-9-18(14(11)10-13)15(19)12-5-6-12/h7-8,10,12,16-17H,2-6,9H2,1H3. The largest absolute Gasteiger partial charge is 0.312 e. The van der Waals surface area contributed by atoms with Crippen molar-refractivity contribution in [2.45, 2.75) is 32.6 Å². The molecule has 1 aromatic rings. The van der Waals surface area contributed by atoms with Crippen LogP contribution in [0.2, 0.25) is 0 Å². The molecule has 6 nitrogen and oxygen atoms in total. The van der Waals surface area contributed by atoms with Gasteiger partial charge in [0.05, 0.1) is 5.69 Å². The Morgan fingerprint density at radius 3 is 2.82 bits per heavy atom. The molecule has 120 valence electrons. The van der Waals surface area contributed by atoms with Crippen LogP contribution in [-0.2, 0) is 21.4 Å². The van der Waals surface area contributed by atoms with E-state index in [9.17, 15) is 13.2 Å². The van der Waals surface area contributed by atoms with Gasteiger partial charge in [-0.05, 0) is 43.4 Å². The van der Waals surface area contributed by atoms with Gasteiger partial charge in [-0.25, -0.2) is 0 Å². The van der Waals surface area contributed by atoms with Crippen LogP contribution in [0, 0.1) is 5.92 Å². The third-order valence-electron chi connectivity index (χ3n) is 3.98. The van der Waals surface area contributed by atoms with Gasteiger partial charge in [-0.1, -0.05) is 13.0 Å². The second kappa shape index (κ2) is 5.89. The van der Waals surface area contributed by atoms with Gasteiger partial charge in [0.25, 0.3) is 10.2 Å². The molecule has 0 atom stereocenters. The van der Waals surface area contributed by atoms with Crippen LogP contribution in [0.15, 0.2) is 18.2 Å². The van der Waals surface area contributed by atoms with E-state index in [-0.39, 0.29) is 11.8 Å². The first-order valence-electron chi connectivity index (χ1n) is 7.72. The SMILES string of the molecule is CCNS(=O)(=O)Nc1ccc2c(c1)N(C(=O)C1CC1)CCC2. The number of carbonyl (C=O) groups excluding carboxylic acids is 1. The predicted octanol–water partition coefficient (Wildman–Crippen LogP) is 1.64. The average Bonchev–Trinajstić information content (AvgIpc) is 3.30. The summed E-state index contributed by atoms with van der Waals surface area (Å²) in [4.78, 5) is 14.2. The van der Waals surface area contributed by atoms with E-state index in [4.69, 9.17) is 0 Å². The second-order valence-corrected chi connectivity index (χ2v) is 7.31. The van der Waals surface area contributed by atoms with Gasteiger partial charge in [0.1, 0.15) is 0 Å². The van der Waals surface area contributed by atoms with E-state index in [1.54, 1.807) is 19.1 Å². The Morgan fingerprint density at radius 1 is 1.36 bits per heavy atom. The van der Waals surface area contributed by atoms with Gasteiger partial charge in [-0.2, -0.15) is 13.1 Å². The minimum Gasteiger partial charge on any atom is -0.312 e. The van der Waals surface area contributed by atoms with Gasteiger partial charge in [0.2, 0.25) is 5.91 Å². The van der Waals surface area contributed by atoms with Crippen molar-refractivity contribution in [2.75, 3.05) is 22.7 Å². The number of nitrogens with zero attached hydrogens (tertiary/aromatic N) is 1. The number of amides is 1. The van der Waals surface area contributed by atoms with Gasteiger partial charge in [-0.3, -0.25) is 9.52 Å². The average molecular weight is 323 g/mol. The van der Waals surface area contributed by atoms with Crippen LogP contribution in [0.5, 0.6) is 0 Å². The number of aryl methyl sites for hydroxylation is 1. The summed E-state index contributed by atoms with van der Waals surface area (Å²) in [6, 6.07) is 5.42. The molecule has 7 heteroatoms. The first kappa shape index (κ1) is 15.3. The molecular weight excluding hydrogens is 302 g/mol. The predicted molar refractivity (Wildman–Crippen MR) is 86.1 cm³/mol. The summed E-state index contributed by atoms with van der Waals surface area (Å²) in [5, 5.41) is 0. The topological polar surface area (TPSA) is 78.5 Å². The molecule has 0 unspecified atom stereocenters. The smallest absolute Gasteiger partial charge is 0.299 e. The molecule has 0 spiro atoms. The number of rotatable bonds is 5. The Balaban J connectivity index is 1.87. The first-order chi connectivity index (χ1) is 10.5. The minimum atomic E-state index is -3.56. The number of benzene rings is 1. The molecule has 3 rings (SSSR count). The lowest BCUT2D eigenvalue weighted by Crippen LogP contribution is -2.36. The van der Waals surface area contributed by atoms with Crippen molar-refractivity contribution >= 4 is 27.5 Å². The van der Waals surface area contributed by atoms with E-state index in [2.05, 4.69) is 9.44 Å².